The minimum absolute atomic E-state index is 0.214. The van der Waals surface area contributed by atoms with Gasteiger partial charge in [-0.05, 0) is 12.8 Å². The zero-order chi connectivity index (χ0) is 31.0. The number of esters is 2. The molecule has 1 aliphatic heterocycles. The van der Waals surface area contributed by atoms with Crippen LogP contribution in [0.25, 0.3) is 0 Å². The molecule has 1 saturated heterocycles. The molecular weight excluding hydrogens is 544 g/mol. The molecule has 10 heteroatoms. The molecule has 0 aromatic heterocycles. The van der Waals surface area contributed by atoms with E-state index in [0.717, 1.165) is 44.9 Å². The first-order valence-corrected chi connectivity index (χ1v) is 16.6. The maximum atomic E-state index is 12.5. The molecule has 1 aliphatic rings. The first kappa shape index (κ1) is 38.7. The minimum atomic E-state index is -1.58. The Hall–Kier alpha value is -1.30. The second-order valence-electron chi connectivity index (χ2n) is 11.6. The molecule has 0 bridgehead atoms. The van der Waals surface area contributed by atoms with Crippen molar-refractivity contribution in [2.45, 2.75) is 173 Å². The third-order valence-corrected chi connectivity index (χ3v) is 7.74. The summed E-state index contributed by atoms with van der Waals surface area (Å²) in [5.41, 5.74) is 0. The number of aliphatic hydroxyl groups is 4. The number of hydrogen-bond donors (Lipinski definition) is 4. The second kappa shape index (κ2) is 25.1. The van der Waals surface area contributed by atoms with E-state index in [4.69, 9.17) is 18.9 Å². The van der Waals surface area contributed by atoms with Gasteiger partial charge in [0, 0.05) is 12.8 Å². The average molecular weight is 605 g/mol. The molecule has 4 N–H and O–H groups in total. The van der Waals surface area contributed by atoms with E-state index in [2.05, 4.69) is 13.8 Å². The van der Waals surface area contributed by atoms with Crippen LogP contribution in [0.1, 0.15) is 136 Å². The van der Waals surface area contributed by atoms with Crippen LogP contribution in [0.3, 0.4) is 0 Å². The fourth-order valence-electron chi connectivity index (χ4n) is 5.01. The normalized spacial score (nSPS) is 23.0. The third kappa shape index (κ3) is 17.7. The van der Waals surface area contributed by atoms with Crippen molar-refractivity contribution in [3.63, 3.8) is 0 Å². The Balaban J connectivity index is 2.39. The highest BCUT2D eigenvalue weighted by atomic mass is 16.7. The highest BCUT2D eigenvalue weighted by molar-refractivity contribution is 5.70. The van der Waals surface area contributed by atoms with E-state index in [1.54, 1.807) is 0 Å². The third-order valence-electron chi connectivity index (χ3n) is 7.74. The second-order valence-corrected chi connectivity index (χ2v) is 11.6. The Morgan fingerprint density at radius 1 is 0.643 bits per heavy atom. The van der Waals surface area contributed by atoms with Gasteiger partial charge in [0.1, 0.15) is 31.0 Å². The lowest BCUT2D eigenvalue weighted by molar-refractivity contribution is -0.305. The maximum absolute atomic E-state index is 12.5. The number of aliphatic hydroxyl groups excluding tert-OH is 4. The summed E-state index contributed by atoms with van der Waals surface area (Å²) in [7, 11) is 0. The van der Waals surface area contributed by atoms with Crippen LogP contribution >= 0.6 is 0 Å². The molecule has 0 aliphatic carbocycles. The summed E-state index contributed by atoms with van der Waals surface area (Å²) in [5.74, 6) is -0.823. The number of unbranched alkanes of at least 4 members (excludes halogenated alkanes) is 15. The van der Waals surface area contributed by atoms with E-state index >= 15 is 0 Å². The van der Waals surface area contributed by atoms with Crippen LogP contribution in [0.4, 0.5) is 0 Å². The predicted octanol–water partition coefficient (Wildman–Crippen LogP) is 4.71. The standard InChI is InChI=1S/C32H60O10/c1-3-5-7-9-10-11-12-13-14-15-16-17-19-21-28(35)41-25(23-39-27(34)20-18-8-6-4-2)24-40-32-31(38)30(37)29(36)26(22-33)42-32/h25-26,29-33,36-38H,3-24H2,1-2H3/t25-,26-,29+,30+,31-,32-/m1/s1. The average Bonchev–Trinajstić information content (AvgIpc) is 2.98. The molecule has 6 atom stereocenters. The molecule has 0 unspecified atom stereocenters. The van der Waals surface area contributed by atoms with Crippen molar-refractivity contribution in [1.82, 2.24) is 0 Å². The Morgan fingerprint density at radius 3 is 1.64 bits per heavy atom. The summed E-state index contributed by atoms with van der Waals surface area (Å²) < 4.78 is 21.8. The lowest BCUT2D eigenvalue weighted by Crippen LogP contribution is -2.59. The SMILES string of the molecule is CCCCCCCCCCCCCCCC(=O)O[C@H](COC(=O)CCCCCC)CO[C@@H]1O[C@H](CO)[C@H](O)[C@H](O)[C@H]1O. The molecule has 0 amide bonds. The molecule has 248 valence electrons. The van der Waals surface area contributed by atoms with Gasteiger partial charge in [-0.1, -0.05) is 110 Å². The van der Waals surface area contributed by atoms with Crippen LogP contribution in [0.5, 0.6) is 0 Å². The van der Waals surface area contributed by atoms with Gasteiger partial charge in [-0.2, -0.15) is 0 Å². The highest BCUT2D eigenvalue weighted by Gasteiger charge is 2.44. The Morgan fingerprint density at radius 2 is 1.12 bits per heavy atom. The molecule has 0 radical (unpaired) electrons. The quantitative estimate of drug-likeness (QED) is 0.0807. The smallest absolute Gasteiger partial charge is 0.306 e. The zero-order valence-corrected chi connectivity index (χ0v) is 26.3. The maximum Gasteiger partial charge on any atom is 0.306 e. The van der Waals surface area contributed by atoms with Gasteiger partial charge in [-0.3, -0.25) is 9.59 Å². The van der Waals surface area contributed by atoms with Crippen molar-refractivity contribution in [3.05, 3.63) is 0 Å². The molecule has 0 spiro atoms. The van der Waals surface area contributed by atoms with Crippen molar-refractivity contribution in [2.75, 3.05) is 19.8 Å². The first-order chi connectivity index (χ1) is 20.3. The van der Waals surface area contributed by atoms with Gasteiger partial charge in [-0.15, -0.1) is 0 Å². The van der Waals surface area contributed by atoms with Crippen molar-refractivity contribution in [2.24, 2.45) is 0 Å². The predicted molar refractivity (Wildman–Crippen MR) is 160 cm³/mol. The highest BCUT2D eigenvalue weighted by Crippen LogP contribution is 2.22. The minimum Gasteiger partial charge on any atom is -0.462 e. The van der Waals surface area contributed by atoms with Crippen LogP contribution < -0.4 is 0 Å². The van der Waals surface area contributed by atoms with Gasteiger partial charge < -0.3 is 39.4 Å². The summed E-state index contributed by atoms with van der Waals surface area (Å²) in [4.78, 5) is 24.7. The Bertz CT molecular complexity index is 674. The number of rotatable bonds is 26. The van der Waals surface area contributed by atoms with Crippen molar-refractivity contribution < 1.29 is 49.0 Å². The molecular formula is C32H60O10. The van der Waals surface area contributed by atoms with Crippen molar-refractivity contribution in [1.29, 1.82) is 0 Å². The van der Waals surface area contributed by atoms with E-state index in [-0.39, 0.29) is 26.1 Å². The molecule has 10 nitrogen and oxygen atoms in total. The van der Waals surface area contributed by atoms with E-state index in [1.807, 2.05) is 0 Å². The number of carbonyl (C=O) groups is 2. The lowest BCUT2D eigenvalue weighted by atomic mass is 9.99. The lowest BCUT2D eigenvalue weighted by Gasteiger charge is -2.39. The summed E-state index contributed by atoms with van der Waals surface area (Å²) in [6, 6.07) is 0. The summed E-state index contributed by atoms with van der Waals surface area (Å²) in [6.45, 7) is 3.26. The van der Waals surface area contributed by atoms with Gasteiger partial charge in [-0.25, -0.2) is 0 Å². The van der Waals surface area contributed by atoms with Crippen LogP contribution in [0.2, 0.25) is 0 Å². The molecule has 0 aromatic rings. The molecule has 1 rings (SSSR count). The number of hydrogen-bond acceptors (Lipinski definition) is 10. The van der Waals surface area contributed by atoms with E-state index in [9.17, 15) is 30.0 Å². The van der Waals surface area contributed by atoms with Crippen molar-refractivity contribution in [3.8, 4) is 0 Å². The summed E-state index contributed by atoms with van der Waals surface area (Å²) in [5, 5.41) is 39.6. The molecule has 42 heavy (non-hydrogen) atoms. The van der Waals surface area contributed by atoms with Gasteiger partial charge in [0.2, 0.25) is 0 Å². The van der Waals surface area contributed by atoms with Crippen LogP contribution in [0, 0.1) is 0 Å². The van der Waals surface area contributed by atoms with Gasteiger partial charge in [0.05, 0.1) is 13.2 Å². The number of carbonyl (C=O) groups excluding carboxylic acids is 2. The Labute approximate surface area is 253 Å². The number of ether oxygens (including phenoxy) is 4. The monoisotopic (exact) mass is 604 g/mol. The van der Waals surface area contributed by atoms with Gasteiger partial charge in [0.15, 0.2) is 12.4 Å². The van der Waals surface area contributed by atoms with Crippen LogP contribution in [-0.4, -0.2) is 89.0 Å². The zero-order valence-electron chi connectivity index (χ0n) is 26.3. The Kier molecular flexibility index (Phi) is 23.1. The van der Waals surface area contributed by atoms with E-state index < -0.39 is 55.4 Å². The van der Waals surface area contributed by atoms with Crippen molar-refractivity contribution >= 4 is 11.9 Å². The molecule has 1 fully saturated rings. The molecule has 0 saturated carbocycles. The fourth-order valence-corrected chi connectivity index (χ4v) is 5.01. The summed E-state index contributed by atoms with van der Waals surface area (Å²) in [6.07, 6.45) is 11.8. The largest absolute Gasteiger partial charge is 0.462 e. The van der Waals surface area contributed by atoms with Crippen LogP contribution in [-0.2, 0) is 28.5 Å². The summed E-state index contributed by atoms with van der Waals surface area (Å²) >= 11 is 0. The molecule has 0 aromatic carbocycles. The van der Waals surface area contributed by atoms with Crippen LogP contribution in [0.15, 0.2) is 0 Å². The van der Waals surface area contributed by atoms with Gasteiger partial charge in [0.25, 0.3) is 0 Å². The first-order valence-electron chi connectivity index (χ1n) is 16.6. The fraction of sp³-hybridized carbons (Fsp3) is 0.938. The topological polar surface area (TPSA) is 152 Å². The van der Waals surface area contributed by atoms with E-state index in [0.29, 0.717) is 6.42 Å². The molecule has 1 heterocycles. The van der Waals surface area contributed by atoms with E-state index in [1.165, 1.54) is 57.8 Å². The van der Waals surface area contributed by atoms with Gasteiger partial charge >= 0.3 is 11.9 Å².